The van der Waals surface area contributed by atoms with Gasteiger partial charge in [-0.1, -0.05) is 0 Å². The molecule has 0 aromatic heterocycles. The number of rotatable bonds is 3. The van der Waals surface area contributed by atoms with Crippen molar-refractivity contribution in [3.8, 4) is 0 Å². The van der Waals surface area contributed by atoms with E-state index in [0.717, 1.165) is 48.5 Å². The fourth-order valence-corrected chi connectivity index (χ4v) is 3.27. The first-order valence-electron chi connectivity index (χ1n) is 6.51. The first kappa shape index (κ1) is 12.2. The molecule has 0 unspecified atom stereocenters. The van der Waals surface area contributed by atoms with Crippen molar-refractivity contribution in [2.75, 3.05) is 31.1 Å². The molecule has 2 aliphatic rings. The second kappa shape index (κ2) is 5.02. The van der Waals surface area contributed by atoms with E-state index in [-0.39, 0.29) is 0 Å². The van der Waals surface area contributed by atoms with Gasteiger partial charge in [-0.3, -0.25) is 9.69 Å². The lowest BCUT2D eigenvalue weighted by Crippen LogP contribution is -2.47. The number of benzene rings is 1. The number of hydrogen-bond acceptors (Lipinski definition) is 3. The highest BCUT2D eigenvalue weighted by molar-refractivity contribution is 9.10. The van der Waals surface area contributed by atoms with Gasteiger partial charge in [0.15, 0.2) is 0 Å². The topological polar surface area (TPSA) is 23.6 Å². The second-order valence-corrected chi connectivity index (χ2v) is 5.94. The van der Waals surface area contributed by atoms with Crippen LogP contribution in [-0.4, -0.2) is 43.4 Å². The zero-order valence-corrected chi connectivity index (χ0v) is 11.9. The molecule has 1 heterocycles. The van der Waals surface area contributed by atoms with Gasteiger partial charge in [0.2, 0.25) is 0 Å². The average Bonchev–Trinajstić information content (AvgIpc) is 3.23. The summed E-state index contributed by atoms with van der Waals surface area (Å²) in [4.78, 5) is 15.7. The summed E-state index contributed by atoms with van der Waals surface area (Å²) in [6, 6.07) is 6.70. The molecule has 4 heteroatoms. The van der Waals surface area contributed by atoms with Crippen LogP contribution in [0.4, 0.5) is 5.69 Å². The smallest absolute Gasteiger partial charge is 0.150 e. The minimum absolute atomic E-state index is 0.724. The highest BCUT2D eigenvalue weighted by Gasteiger charge is 2.31. The highest BCUT2D eigenvalue weighted by Crippen LogP contribution is 2.31. The Kier molecular flexibility index (Phi) is 3.39. The molecule has 18 heavy (non-hydrogen) atoms. The summed E-state index contributed by atoms with van der Waals surface area (Å²) in [5.41, 5.74) is 1.93. The molecule has 2 fully saturated rings. The Hall–Kier alpha value is -0.870. The molecular weight excluding hydrogens is 292 g/mol. The van der Waals surface area contributed by atoms with Crippen LogP contribution in [0.5, 0.6) is 0 Å². The van der Waals surface area contributed by atoms with Crippen molar-refractivity contribution in [1.29, 1.82) is 0 Å². The Balaban J connectivity index is 1.69. The summed E-state index contributed by atoms with van der Waals surface area (Å²) in [5.74, 6) is 0. The summed E-state index contributed by atoms with van der Waals surface area (Å²) < 4.78 is 1.02. The van der Waals surface area contributed by atoms with Gasteiger partial charge in [0.1, 0.15) is 6.29 Å². The van der Waals surface area contributed by atoms with Gasteiger partial charge in [-0.2, -0.15) is 0 Å². The predicted molar refractivity (Wildman–Crippen MR) is 76.3 cm³/mol. The number of hydrogen-bond donors (Lipinski definition) is 0. The number of carbonyl (C=O) groups is 1. The Morgan fingerprint density at radius 1 is 1.17 bits per heavy atom. The van der Waals surface area contributed by atoms with E-state index in [1.165, 1.54) is 18.5 Å². The second-order valence-electron chi connectivity index (χ2n) is 5.08. The normalized spacial score (nSPS) is 21.1. The van der Waals surface area contributed by atoms with E-state index in [1.807, 2.05) is 18.2 Å². The van der Waals surface area contributed by atoms with Gasteiger partial charge >= 0.3 is 0 Å². The first-order chi connectivity index (χ1) is 8.78. The Labute approximate surface area is 116 Å². The fraction of sp³-hybridized carbons (Fsp3) is 0.500. The molecule has 1 saturated carbocycles. The number of anilines is 1. The summed E-state index contributed by atoms with van der Waals surface area (Å²) in [6.45, 7) is 4.48. The van der Waals surface area contributed by atoms with E-state index in [0.29, 0.717) is 0 Å². The zero-order chi connectivity index (χ0) is 12.5. The standard InChI is InChI=1S/C14H17BrN2O/c15-13-9-11(10-18)1-4-14(13)17-7-5-16(6-8-17)12-2-3-12/h1,4,9-10,12H,2-3,5-8H2. The minimum Gasteiger partial charge on any atom is -0.368 e. The molecule has 0 amide bonds. The molecule has 3 nitrogen and oxygen atoms in total. The van der Waals surface area contributed by atoms with Gasteiger partial charge in [-0.15, -0.1) is 0 Å². The van der Waals surface area contributed by atoms with Crippen LogP contribution < -0.4 is 4.90 Å². The van der Waals surface area contributed by atoms with Gasteiger partial charge in [0, 0.05) is 42.3 Å². The molecule has 0 bridgehead atoms. The van der Waals surface area contributed by atoms with Gasteiger partial charge in [-0.05, 0) is 47.0 Å². The van der Waals surface area contributed by atoms with Crippen molar-refractivity contribution >= 4 is 27.9 Å². The summed E-state index contributed by atoms with van der Waals surface area (Å²) >= 11 is 3.57. The maximum Gasteiger partial charge on any atom is 0.150 e. The number of aldehydes is 1. The van der Waals surface area contributed by atoms with Crippen molar-refractivity contribution < 1.29 is 4.79 Å². The van der Waals surface area contributed by atoms with Gasteiger partial charge < -0.3 is 4.90 Å². The number of piperazine rings is 1. The zero-order valence-electron chi connectivity index (χ0n) is 10.3. The molecule has 0 spiro atoms. The van der Waals surface area contributed by atoms with Crippen LogP contribution in [0.15, 0.2) is 22.7 Å². The predicted octanol–water partition coefficient (Wildman–Crippen LogP) is 2.55. The molecule has 96 valence electrons. The van der Waals surface area contributed by atoms with Gasteiger partial charge in [0.25, 0.3) is 0 Å². The highest BCUT2D eigenvalue weighted by atomic mass is 79.9. The van der Waals surface area contributed by atoms with Crippen LogP contribution in [0.25, 0.3) is 0 Å². The maximum atomic E-state index is 10.7. The van der Waals surface area contributed by atoms with E-state index in [4.69, 9.17) is 0 Å². The minimum atomic E-state index is 0.724. The Bertz CT molecular complexity index is 451. The SMILES string of the molecule is O=Cc1ccc(N2CCN(C3CC3)CC2)c(Br)c1. The van der Waals surface area contributed by atoms with Crippen LogP contribution >= 0.6 is 15.9 Å². The van der Waals surface area contributed by atoms with E-state index in [2.05, 4.69) is 25.7 Å². The first-order valence-corrected chi connectivity index (χ1v) is 7.31. The van der Waals surface area contributed by atoms with Crippen LogP contribution in [0.1, 0.15) is 23.2 Å². The van der Waals surface area contributed by atoms with Crippen molar-refractivity contribution in [3.63, 3.8) is 0 Å². The summed E-state index contributed by atoms with van der Waals surface area (Å²) in [7, 11) is 0. The molecular formula is C14H17BrN2O. The summed E-state index contributed by atoms with van der Waals surface area (Å²) in [6.07, 6.45) is 3.66. The molecule has 1 aliphatic heterocycles. The van der Waals surface area contributed by atoms with Crippen molar-refractivity contribution in [2.24, 2.45) is 0 Å². The largest absolute Gasteiger partial charge is 0.368 e. The third kappa shape index (κ3) is 2.45. The number of halogens is 1. The lowest BCUT2D eigenvalue weighted by Gasteiger charge is -2.36. The maximum absolute atomic E-state index is 10.7. The van der Waals surface area contributed by atoms with Crippen molar-refractivity contribution in [2.45, 2.75) is 18.9 Å². The van der Waals surface area contributed by atoms with Gasteiger partial charge in [-0.25, -0.2) is 0 Å². The average molecular weight is 309 g/mol. The lowest BCUT2D eigenvalue weighted by atomic mass is 10.2. The molecule has 1 aromatic carbocycles. The number of nitrogens with zero attached hydrogens (tertiary/aromatic N) is 2. The third-order valence-electron chi connectivity index (χ3n) is 3.83. The van der Waals surface area contributed by atoms with Crippen LogP contribution in [0.3, 0.4) is 0 Å². The Morgan fingerprint density at radius 2 is 1.89 bits per heavy atom. The van der Waals surface area contributed by atoms with Crippen LogP contribution in [-0.2, 0) is 0 Å². The molecule has 1 aliphatic carbocycles. The lowest BCUT2D eigenvalue weighted by molar-refractivity contribution is 0.112. The van der Waals surface area contributed by atoms with E-state index < -0.39 is 0 Å². The quantitative estimate of drug-likeness (QED) is 0.802. The molecule has 1 saturated heterocycles. The molecule has 0 atom stereocenters. The van der Waals surface area contributed by atoms with E-state index >= 15 is 0 Å². The molecule has 0 N–H and O–H groups in total. The van der Waals surface area contributed by atoms with Gasteiger partial charge in [0.05, 0.1) is 5.69 Å². The third-order valence-corrected chi connectivity index (χ3v) is 4.46. The molecule has 1 aromatic rings. The molecule has 3 rings (SSSR count). The molecule has 0 radical (unpaired) electrons. The van der Waals surface area contributed by atoms with Crippen molar-refractivity contribution in [3.05, 3.63) is 28.2 Å². The monoisotopic (exact) mass is 308 g/mol. The number of carbonyl (C=O) groups excluding carboxylic acids is 1. The fourth-order valence-electron chi connectivity index (χ4n) is 2.62. The summed E-state index contributed by atoms with van der Waals surface area (Å²) in [5, 5.41) is 0. The van der Waals surface area contributed by atoms with Crippen molar-refractivity contribution in [1.82, 2.24) is 4.90 Å². The van der Waals surface area contributed by atoms with E-state index in [1.54, 1.807) is 0 Å². The Morgan fingerprint density at radius 3 is 2.44 bits per heavy atom. The van der Waals surface area contributed by atoms with Crippen LogP contribution in [0, 0.1) is 0 Å². The van der Waals surface area contributed by atoms with E-state index in [9.17, 15) is 4.79 Å². The van der Waals surface area contributed by atoms with Crippen LogP contribution in [0.2, 0.25) is 0 Å².